The fraction of sp³-hybridized carbons (Fsp3) is 0.684. The molecule has 0 N–H and O–H groups in total. The third-order valence-corrected chi connectivity index (χ3v) is 8.70. The van der Waals surface area contributed by atoms with Crippen LogP contribution in [0.1, 0.15) is 51.0 Å². The lowest BCUT2D eigenvalue weighted by molar-refractivity contribution is -0.274. The molecule has 24 heavy (non-hydrogen) atoms. The molecule has 1 aliphatic heterocycles. The third-order valence-electron chi connectivity index (χ3n) is 5.18. The van der Waals surface area contributed by atoms with Gasteiger partial charge in [0.2, 0.25) is 0 Å². The molecule has 1 aromatic carbocycles. The van der Waals surface area contributed by atoms with Gasteiger partial charge in [0.05, 0.1) is 0 Å². The summed E-state index contributed by atoms with van der Waals surface area (Å²) in [4.78, 5) is 0. The summed E-state index contributed by atoms with van der Waals surface area (Å²) in [6, 6.07) is 10.9. The van der Waals surface area contributed by atoms with Gasteiger partial charge in [-0.2, -0.15) is 0 Å². The summed E-state index contributed by atoms with van der Waals surface area (Å²) in [7, 11) is -0.446. The first-order chi connectivity index (χ1) is 11.5. The van der Waals surface area contributed by atoms with Gasteiger partial charge >= 0.3 is 6.36 Å². The van der Waals surface area contributed by atoms with Gasteiger partial charge in [-0.1, -0.05) is 69.3 Å². The molecule has 0 spiro atoms. The van der Waals surface area contributed by atoms with Gasteiger partial charge < -0.3 is 4.74 Å². The number of unbranched alkanes of at least 4 members (excludes halogenated alkanes) is 2. The molecule has 0 aliphatic carbocycles. The highest BCUT2D eigenvalue weighted by Gasteiger charge is 2.31. The molecule has 1 aliphatic rings. The summed E-state index contributed by atoms with van der Waals surface area (Å²) in [5, 5.41) is 0. The molecule has 0 atom stereocenters. The smallest absolute Gasteiger partial charge is 0.406 e. The number of alkyl halides is 3. The molecule has 0 bridgehead atoms. The highest BCUT2D eigenvalue weighted by molar-refractivity contribution is 6.58. The Bertz CT molecular complexity index is 464. The van der Waals surface area contributed by atoms with Gasteiger partial charge in [0.25, 0.3) is 0 Å². The largest absolute Gasteiger partial charge is 0.573 e. The molecule has 1 saturated heterocycles. The van der Waals surface area contributed by atoms with Crippen LogP contribution in [0.3, 0.4) is 0 Å². The molecular weight excluding hydrogens is 329 g/mol. The molecule has 136 valence electrons. The topological polar surface area (TPSA) is 9.23 Å². The molecule has 0 amide bonds. The fourth-order valence-electron chi connectivity index (χ4n) is 3.72. The average molecular weight is 359 g/mol. The average Bonchev–Trinajstić information content (AvgIpc) is 2.54. The number of hydrogen-bond acceptors (Lipinski definition) is 1. The van der Waals surface area contributed by atoms with E-state index >= 15 is 0 Å². The van der Waals surface area contributed by atoms with E-state index in [1.54, 1.807) is 12.1 Å². The lowest BCUT2D eigenvalue weighted by Gasteiger charge is -2.27. The Labute approximate surface area is 145 Å². The molecule has 5 heteroatoms. The standard InChI is InChI=1S/C19H29F3OSi/c1-2-3-4-13-24-14-11-17(12-15-24)6-5-16-7-9-18(10-8-16)23-19(20,21)22/h7-10,17,24H,2-6,11-15H2,1H3/t17-,24-. The van der Waals surface area contributed by atoms with E-state index in [9.17, 15) is 13.2 Å². The first-order valence-electron chi connectivity index (χ1n) is 9.31. The van der Waals surface area contributed by atoms with Crippen LogP contribution in [0, 0.1) is 5.92 Å². The van der Waals surface area contributed by atoms with Gasteiger partial charge in [0.15, 0.2) is 0 Å². The predicted molar refractivity (Wildman–Crippen MR) is 95.3 cm³/mol. The van der Waals surface area contributed by atoms with Crippen LogP contribution in [0.25, 0.3) is 0 Å². The molecule has 0 unspecified atom stereocenters. The van der Waals surface area contributed by atoms with Gasteiger partial charge in [0, 0.05) is 8.80 Å². The molecule has 1 heterocycles. The third kappa shape index (κ3) is 7.28. The molecule has 0 radical (unpaired) electrons. The van der Waals surface area contributed by atoms with Crippen molar-refractivity contribution in [3.63, 3.8) is 0 Å². The summed E-state index contributed by atoms with van der Waals surface area (Å²) in [5.74, 6) is 0.677. The first kappa shape index (κ1) is 19.4. The van der Waals surface area contributed by atoms with Gasteiger partial charge in [-0.15, -0.1) is 13.2 Å². The van der Waals surface area contributed by atoms with Crippen LogP contribution in [-0.2, 0) is 6.42 Å². The van der Waals surface area contributed by atoms with Crippen molar-refractivity contribution in [2.45, 2.75) is 76.4 Å². The Hall–Kier alpha value is -0.973. The molecule has 1 nitrogen and oxygen atoms in total. The van der Waals surface area contributed by atoms with Crippen molar-refractivity contribution < 1.29 is 17.9 Å². The molecule has 2 rings (SSSR count). The number of halogens is 3. The van der Waals surface area contributed by atoms with E-state index in [4.69, 9.17) is 0 Å². The minimum atomic E-state index is -4.61. The van der Waals surface area contributed by atoms with Crippen LogP contribution in [0.4, 0.5) is 13.2 Å². The van der Waals surface area contributed by atoms with Gasteiger partial charge in [0.1, 0.15) is 5.75 Å². The van der Waals surface area contributed by atoms with E-state index in [2.05, 4.69) is 11.7 Å². The Morgan fingerprint density at radius 2 is 1.75 bits per heavy atom. The summed E-state index contributed by atoms with van der Waals surface area (Å²) in [6.45, 7) is 2.26. The minimum Gasteiger partial charge on any atom is -0.406 e. The van der Waals surface area contributed by atoms with E-state index in [0.717, 1.165) is 24.3 Å². The van der Waals surface area contributed by atoms with Crippen LogP contribution >= 0.6 is 0 Å². The zero-order valence-corrected chi connectivity index (χ0v) is 15.7. The van der Waals surface area contributed by atoms with Crippen molar-refractivity contribution in [2.75, 3.05) is 0 Å². The van der Waals surface area contributed by atoms with Gasteiger partial charge in [-0.25, -0.2) is 0 Å². The number of benzene rings is 1. The SMILES string of the molecule is CCCCC[Si@H]1CC[C@H](CCc2ccc(OC(F)(F)F)cc2)CC1. The maximum Gasteiger partial charge on any atom is 0.573 e. The van der Waals surface area contributed by atoms with Crippen LogP contribution in [-0.4, -0.2) is 15.2 Å². The van der Waals surface area contributed by atoms with Crippen LogP contribution in [0.15, 0.2) is 24.3 Å². The molecular formula is C19H29F3OSi. The number of rotatable bonds is 8. The predicted octanol–water partition coefficient (Wildman–Crippen LogP) is 6.35. The van der Waals surface area contributed by atoms with Crippen molar-refractivity contribution in [1.82, 2.24) is 0 Å². The first-order valence-corrected chi connectivity index (χ1v) is 11.8. The molecule has 0 aromatic heterocycles. The van der Waals surface area contributed by atoms with E-state index in [0.29, 0.717) is 0 Å². The van der Waals surface area contributed by atoms with Gasteiger partial charge in [-0.3, -0.25) is 0 Å². The summed E-state index contributed by atoms with van der Waals surface area (Å²) in [6.07, 6.45) is 4.40. The zero-order chi connectivity index (χ0) is 17.4. The van der Waals surface area contributed by atoms with Crippen LogP contribution < -0.4 is 4.74 Å². The van der Waals surface area contributed by atoms with Gasteiger partial charge in [-0.05, 0) is 36.5 Å². The Balaban J connectivity index is 1.67. The monoisotopic (exact) mass is 358 g/mol. The van der Waals surface area contributed by atoms with Crippen LogP contribution in [0.5, 0.6) is 5.75 Å². The quantitative estimate of drug-likeness (QED) is 0.389. The highest BCUT2D eigenvalue weighted by atomic mass is 28.3. The molecule has 1 fully saturated rings. The Morgan fingerprint density at radius 3 is 2.33 bits per heavy atom. The Morgan fingerprint density at radius 1 is 1.08 bits per heavy atom. The summed E-state index contributed by atoms with van der Waals surface area (Å²) >= 11 is 0. The lowest BCUT2D eigenvalue weighted by atomic mass is 9.94. The van der Waals surface area contributed by atoms with E-state index in [1.165, 1.54) is 62.4 Å². The van der Waals surface area contributed by atoms with Crippen LogP contribution in [0.2, 0.25) is 18.1 Å². The second-order valence-corrected chi connectivity index (χ2v) is 10.6. The zero-order valence-electron chi connectivity index (χ0n) is 14.6. The second kappa shape index (κ2) is 9.49. The summed E-state index contributed by atoms with van der Waals surface area (Å²) in [5.41, 5.74) is 1.10. The Kier molecular flexibility index (Phi) is 7.66. The number of ether oxygens (including phenoxy) is 1. The second-order valence-electron chi connectivity index (χ2n) is 7.11. The maximum absolute atomic E-state index is 12.1. The molecule has 1 aromatic rings. The van der Waals surface area contributed by atoms with E-state index in [-0.39, 0.29) is 5.75 Å². The van der Waals surface area contributed by atoms with Crippen molar-refractivity contribution in [1.29, 1.82) is 0 Å². The normalized spacial score (nSPS) is 21.7. The summed E-state index contributed by atoms with van der Waals surface area (Å²) < 4.78 is 40.3. The van der Waals surface area contributed by atoms with Crippen molar-refractivity contribution in [3.8, 4) is 5.75 Å². The fourth-order valence-corrected chi connectivity index (χ4v) is 7.34. The van der Waals surface area contributed by atoms with Crippen molar-refractivity contribution in [2.24, 2.45) is 5.92 Å². The number of aryl methyl sites for hydroxylation is 1. The minimum absolute atomic E-state index is 0.134. The van der Waals surface area contributed by atoms with E-state index in [1.807, 2.05) is 0 Å². The van der Waals surface area contributed by atoms with Crippen molar-refractivity contribution in [3.05, 3.63) is 29.8 Å². The van der Waals surface area contributed by atoms with Crippen molar-refractivity contribution >= 4 is 8.80 Å². The maximum atomic E-state index is 12.1. The number of hydrogen-bond donors (Lipinski definition) is 0. The van der Waals surface area contributed by atoms with E-state index < -0.39 is 15.2 Å². The lowest BCUT2D eigenvalue weighted by Crippen LogP contribution is -2.21. The molecule has 0 saturated carbocycles. The highest BCUT2D eigenvalue weighted by Crippen LogP contribution is 2.31.